The highest BCUT2D eigenvalue weighted by Crippen LogP contribution is 2.08. The molecule has 0 saturated heterocycles. The Hall–Kier alpha value is -2.08. The predicted octanol–water partition coefficient (Wildman–Crippen LogP) is 1.65. The number of hydrogen-bond acceptors (Lipinski definition) is 2. The zero-order valence-electron chi connectivity index (χ0n) is 8.74. The summed E-state index contributed by atoms with van der Waals surface area (Å²) in [6.45, 7) is 1.98. The van der Waals surface area contributed by atoms with Crippen LogP contribution in [0.4, 0.5) is 0 Å². The first-order valence-corrected chi connectivity index (χ1v) is 4.58. The van der Waals surface area contributed by atoms with E-state index >= 15 is 0 Å². The number of likely N-dealkylation sites (N-methyl/N-ethyl adjacent to an activating group) is 1. The molecule has 0 unspecified atom stereocenters. The standard InChI is InChI=1S/C12H12N2O/c1-9-3-5-10(6-4-9)7-11(8-13)12(15)14-2/h3-7H,1-2H3,(H,14,15). The second kappa shape index (κ2) is 4.97. The number of aryl methyl sites for hydroxylation is 1. The molecule has 1 rings (SSSR count). The van der Waals surface area contributed by atoms with Gasteiger partial charge in [0.25, 0.3) is 5.91 Å². The number of rotatable bonds is 2. The number of benzene rings is 1. The Labute approximate surface area is 89.0 Å². The molecule has 0 aliphatic carbocycles. The van der Waals surface area contributed by atoms with E-state index in [0.717, 1.165) is 11.1 Å². The van der Waals surface area contributed by atoms with Crippen LogP contribution in [0, 0.1) is 18.3 Å². The van der Waals surface area contributed by atoms with Gasteiger partial charge >= 0.3 is 0 Å². The van der Waals surface area contributed by atoms with E-state index in [1.165, 1.54) is 7.05 Å². The Bertz CT molecular complexity index is 424. The van der Waals surface area contributed by atoms with Crippen LogP contribution in [-0.2, 0) is 4.79 Å². The fraction of sp³-hybridized carbons (Fsp3) is 0.167. The van der Waals surface area contributed by atoms with Gasteiger partial charge in [-0.25, -0.2) is 0 Å². The molecule has 1 aromatic rings. The van der Waals surface area contributed by atoms with Gasteiger partial charge in [-0.05, 0) is 18.6 Å². The lowest BCUT2D eigenvalue weighted by Crippen LogP contribution is -2.19. The fourth-order valence-corrected chi connectivity index (χ4v) is 1.11. The van der Waals surface area contributed by atoms with Crippen LogP contribution in [0.2, 0.25) is 0 Å². The van der Waals surface area contributed by atoms with E-state index in [1.807, 2.05) is 37.3 Å². The van der Waals surface area contributed by atoms with E-state index in [4.69, 9.17) is 5.26 Å². The van der Waals surface area contributed by atoms with E-state index in [-0.39, 0.29) is 11.5 Å². The normalized spacial score (nSPS) is 10.6. The van der Waals surface area contributed by atoms with Crippen LogP contribution >= 0.6 is 0 Å². The minimum Gasteiger partial charge on any atom is -0.354 e. The van der Waals surface area contributed by atoms with Gasteiger partial charge in [0.05, 0.1) is 0 Å². The molecule has 3 nitrogen and oxygen atoms in total. The number of nitriles is 1. The fourth-order valence-electron chi connectivity index (χ4n) is 1.11. The molecule has 0 spiro atoms. The lowest BCUT2D eigenvalue weighted by molar-refractivity contribution is -0.116. The summed E-state index contributed by atoms with van der Waals surface area (Å²) in [7, 11) is 1.50. The maximum absolute atomic E-state index is 11.2. The minimum atomic E-state index is -0.363. The molecule has 0 bridgehead atoms. The predicted molar refractivity (Wildman–Crippen MR) is 58.8 cm³/mol. The molecular weight excluding hydrogens is 188 g/mol. The van der Waals surface area contributed by atoms with Gasteiger partial charge in [-0.1, -0.05) is 29.8 Å². The van der Waals surface area contributed by atoms with E-state index < -0.39 is 0 Å². The summed E-state index contributed by atoms with van der Waals surface area (Å²) in [6.07, 6.45) is 1.57. The maximum atomic E-state index is 11.2. The highest BCUT2D eigenvalue weighted by molar-refractivity contribution is 6.01. The van der Waals surface area contributed by atoms with Gasteiger partial charge in [0.2, 0.25) is 0 Å². The molecule has 1 amide bonds. The van der Waals surface area contributed by atoms with Gasteiger partial charge < -0.3 is 5.32 Å². The highest BCUT2D eigenvalue weighted by Gasteiger charge is 2.05. The quantitative estimate of drug-likeness (QED) is 0.583. The molecule has 0 radical (unpaired) electrons. The maximum Gasteiger partial charge on any atom is 0.261 e. The van der Waals surface area contributed by atoms with Crippen molar-refractivity contribution >= 4 is 12.0 Å². The smallest absolute Gasteiger partial charge is 0.261 e. The number of hydrogen-bond donors (Lipinski definition) is 1. The first-order valence-electron chi connectivity index (χ1n) is 4.58. The van der Waals surface area contributed by atoms with Crippen molar-refractivity contribution in [1.82, 2.24) is 5.32 Å². The Kier molecular flexibility index (Phi) is 3.64. The van der Waals surface area contributed by atoms with Crippen LogP contribution in [0.3, 0.4) is 0 Å². The highest BCUT2D eigenvalue weighted by atomic mass is 16.1. The van der Waals surface area contributed by atoms with Crippen LogP contribution in [0.5, 0.6) is 0 Å². The van der Waals surface area contributed by atoms with Crippen molar-refractivity contribution in [2.24, 2.45) is 0 Å². The largest absolute Gasteiger partial charge is 0.354 e. The van der Waals surface area contributed by atoms with Crippen molar-refractivity contribution in [2.45, 2.75) is 6.92 Å². The van der Waals surface area contributed by atoms with Crippen molar-refractivity contribution in [3.63, 3.8) is 0 Å². The molecule has 0 aliphatic rings. The lowest BCUT2D eigenvalue weighted by atomic mass is 10.1. The third kappa shape index (κ3) is 2.96. The van der Waals surface area contributed by atoms with Crippen LogP contribution in [0.25, 0.3) is 6.08 Å². The topological polar surface area (TPSA) is 52.9 Å². The van der Waals surface area contributed by atoms with Gasteiger partial charge in [0.1, 0.15) is 11.6 Å². The Balaban J connectivity index is 3.00. The Morgan fingerprint density at radius 2 is 2.00 bits per heavy atom. The molecule has 76 valence electrons. The van der Waals surface area contributed by atoms with E-state index in [9.17, 15) is 4.79 Å². The summed E-state index contributed by atoms with van der Waals surface area (Å²) in [6, 6.07) is 9.48. The lowest BCUT2D eigenvalue weighted by Gasteiger charge is -1.98. The second-order valence-electron chi connectivity index (χ2n) is 3.16. The molecule has 0 aliphatic heterocycles. The number of carbonyl (C=O) groups excluding carboxylic acids is 1. The molecule has 0 fully saturated rings. The summed E-state index contributed by atoms with van der Waals surface area (Å²) < 4.78 is 0. The van der Waals surface area contributed by atoms with Crippen LogP contribution in [0.15, 0.2) is 29.8 Å². The van der Waals surface area contributed by atoms with Crippen molar-refractivity contribution in [1.29, 1.82) is 5.26 Å². The average Bonchev–Trinajstić information content (AvgIpc) is 2.27. The van der Waals surface area contributed by atoms with Crippen molar-refractivity contribution in [2.75, 3.05) is 7.05 Å². The van der Waals surface area contributed by atoms with Crippen molar-refractivity contribution in [3.8, 4) is 6.07 Å². The average molecular weight is 200 g/mol. The molecule has 0 saturated carbocycles. The number of amides is 1. The van der Waals surface area contributed by atoms with E-state index in [2.05, 4.69) is 5.32 Å². The molecular formula is C12H12N2O. The Morgan fingerprint density at radius 1 is 1.40 bits per heavy atom. The van der Waals surface area contributed by atoms with Crippen LogP contribution in [0.1, 0.15) is 11.1 Å². The van der Waals surface area contributed by atoms with Crippen molar-refractivity contribution < 1.29 is 4.79 Å². The third-order valence-corrected chi connectivity index (χ3v) is 1.98. The zero-order valence-corrected chi connectivity index (χ0v) is 8.74. The molecule has 0 atom stereocenters. The summed E-state index contributed by atoms with van der Waals surface area (Å²) in [5.41, 5.74) is 2.10. The molecule has 15 heavy (non-hydrogen) atoms. The summed E-state index contributed by atoms with van der Waals surface area (Å²) >= 11 is 0. The molecule has 0 heterocycles. The third-order valence-electron chi connectivity index (χ3n) is 1.98. The zero-order chi connectivity index (χ0) is 11.3. The molecule has 1 N–H and O–H groups in total. The molecule has 0 aromatic heterocycles. The van der Waals surface area contributed by atoms with E-state index in [0.29, 0.717) is 0 Å². The SMILES string of the molecule is CNC(=O)C(C#N)=Cc1ccc(C)cc1. The van der Waals surface area contributed by atoms with Gasteiger partial charge in [0.15, 0.2) is 0 Å². The molecule has 1 aromatic carbocycles. The second-order valence-corrected chi connectivity index (χ2v) is 3.16. The first-order chi connectivity index (χ1) is 7.17. The van der Waals surface area contributed by atoms with Crippen LogP contribution < -0.4 is 5.32 Å². The minimum absolute atomic E-state index is 0.112. The number of carbonyl (C=O) groups is 1. The monoisotopic (exact) mass is 200 g/mol. The Morgan fingerprint density at radius 3 is 2.47 bits per heavy atom. The van der Waals surface area contributed by atoms with Gasteiger partial charge in [-0.15, -0.1) is 0 Å². The number of nitrogens with one attached hydrogen (secondary N) is 1. The summed E-state index contributed by atoms with van der Waals surface area (Å²) in [5, 5.41) is 11.2. The van der Waals surface area contributed by atoms with Gasteiger partial charge in [-0.2, -0.15) is 5.26 Å². The summed E-state index contributed by atoms with van der Waals surface area (Å²) in [5.74, 6) is -0.363. The van der Waals surface area contributed by atoms with Gasteiger partial charge in [0, 0.05) is 7.05 Å². The van der Waals surface area contributed by atoms with Crippen molar-refractivity contribution in [3.05, 3.63) is 41.0 Å². The summed E-state index contributed by atoms with van der Waals surface area (Å²) in [4.78, 5) is 11.2. The number of nitrogens with zero attached hydrogens (tertiary/aromatic N) is 1. The van der Waals surface area contributed by atoms with Crippen LogP contribution in [-0.4, -0.2) is 13.0 Å². The first kappa shape index (κ1) is 11.0. The van der Waals surface area contributed by atoms with Gasteiger partial charge in [-0.3, -0.25) is 4.79 Å². The van der Waals surface area contributed by atoms with E-state index in [1.54, 1.807) is 6.08 Å². The molecule has 3 heteroatoms.